The first-order valence-corrected chi connectivity index (χ1v) is 6.44. The van der Waals surface area contributed by atoms with Crippen LogP contribution >= 0.6 is 0 Å². The number of ether oxygens (including phenoxy) is 1. The molecule has 0 aliphatic heterocycles. The molecule has 1 unspecified atom stereocenters. The highest BCUT2D eigenvalue weighted by atomic mass is 16.5. The molecule has 1 aromatic heterocycles. The number of aromatic nitrogens is 1. The number of esters is 1. The van der Waals surface area contributed by atoms with Gasteiger partial charge in [0.05, 0.1) is 12.0 Å². The van der Waals surface area contributed by atoms with Gasteiger partial charge in [-0.3, -0.25) is 9.78 Å². The average Bonchev–Trinajstić information content (AvgIpc) is 2.39. The van der Waals surface area contributed by atoms with Gasteiger partial charge in [0.25, 0.3) is 0 Å². The maximum atomic E-state index is 12.2. The zero-order valence-corrected chi connectivity index (χ0v) is 11.2. The first-order valence-electron chi connectivity index (χ1n) is 6.44. The molecule has 100 valence electrons. The van der Waals surface area contributed by atoms with Crippen LogP contribution in [0.15, 0.2) is 24.5 Å². The van der Waals surface area contributed by atoms with Crippen molar-refractivity contribution in [1.82, 2.24) is 4.98 Å². The van der Waals surface area contributed by atoms with Crippen LogP contribution in [-0.4, -0.2) is 24.1 Å². The van der Waals surface area contributed by atoms with Gasteiger partial charge in [0.1, 0.15) is 0 Å². The predicted octanol–water partition coefficient (Wildman–Crippen LogP) is 1.93. The third kappa shape index (κ3) is 3.53. The van der Waals surface area contributed by atoms with Gasteiger partial charge in [0.15, 0.2) is 0 Å². The molecule has 0 saturated carbocycles. The Balaban J connectivity index is 2.92. The van der Waals surface area contributed by atoms with Crippen LogP contribution in [0, 0.1) is 5.41 Å². The van der Waals surface area contributed by atoms with E-state index in [0.717, 1.165) is 18.4 Å². The summed E-state index contributed by atoms with van der Waals surface area (Å²) < 4.78 is 5.18. The molecule has 0 amide bonds. The molecule has 0 aliphatic carbocycles. The van der Waals surface area contributed by atoms with Crippen LogP contribution in [0.1, 0.15) is 32.3 Å². The zero-order valence-electron chi connectivity index (χ0n) is 11.2. The molecule has 0 radical (unpaired) electrons. The Morgan fingerprint density at radius 3 is 2.78 bits per heavy atom. The summed E-state index contributed by atoms with van der Waals surface area (Å²) in [5.41, 5.74) is 6.25. The number of hydrogen-bond donors (Lipinski definition) is 1. The minimum Gasteiger partial charge on any atom is -0.466 e. The fraction of sp³-hybridized carbons (Fsp3) is 0.571. The van der Waals surface area contributed by atoms with Gasteiger partial charge in [0, 0.05) is 18.9 Å². The summed E-state index contributed by atoms with van der Waals surface area (Å²) in [4.78, 5) is 16.2. The lowest BCUT2D eigenvalue weighted by atomic mass is 9.78. The quantitative estimate of drug-likeness (QED) is 0.751. The maximum absolute atomic E-state index is 12.2. The van der Waals surface area contributed by atoms with E-state index < -0.39 is 5.41 Å². The molecular weight excluding hydrogens is 228 g/mol. The lowest BCUT2D eigenvalue weighted by Crippen LogP contribution is -2.42. The highest BCUT2D eigenvalue weighted by Gasteiger charge is 2.37. The Morgan fingerprint density at radius 1 is 1.50 bits per heavy atom. The Bertz CT molecular complexity index is 367. The largest absolute Gasteiger partial charge is 0.466 e. The van der Waals surface area contributed by atoms with Crippen LogP contribution in [0.4, 0.5) is 0 Å². The lowest BCUT2D eigenvalue weighted by molar-refractivity contribution is -0.155. The standard InChI is InChI=1S/C14H22N2O2/c1-3-7-14(11-15,13(17)18-4-2)9-12-6-5-8-16-10-12/h5-6,8,10H,3-4,7,9,11,15H2,1-2H3. The number of carbonyl (C=O) groups is 1. The van der Waals surface area contributed by atoms with E-state index in [1.807, 2.05) is 26.0 Å². The molecule has 2 N–H and O–H groups in total. The van der Waals surface area contributed by atoms with Gasteiger partial charge >= 0.3 is 5.97 Å². The summed E-state index contributed by atoms with van der Waals surface area (Å²) >= 11 is 0. The van der Waals surface area contributed by atoms with E-state index in [-0.39, 0.29) is 5.97 Å². The van der Waals surface area contributed by atoms with E-state index >= 15 is 0 Å². The highest BCUT2D eigenvalue weighted by molar-refractivity contribution is 5.77. The van der Waals surface area contributed by atoms with Crippen molar-refractivity contribution in [2.24, 2.45) is 11.1 Å². The molecule has 4 nitrogen and oxygen atoms in total. The van der Waals surface area contributed by atoms with Crippen molar-refractivity contribution in [1.29, 1.82) is 0 Å². The van der Waals surface area contributed by atoms with Gasteiger partial charge in [-0.15, -0.1) is 0 Å². The van der Waals surface area contributed by atoms with Crippen molar-refractivity contribution in [3.05, 3.63) is 30.1 Å². The SMILES string of the molecule is CCCC(CN)(Cc1cccnc1)C(=O)OCC. The second-order valence-electron chi connectivity index (χ2n) is 4.49. The second-order valence-corrected chi connectivity index (χ2v) is 4.49. The summed E-state index contributed by atoms with van der Waals surface area (Å²) in [7, 11) is 0. The van der Waals surface area contributed by atoms with Gasteiger partial charge < -0.3 is 10.5 Å². The summed E-state index contributed by atoms with van der Waals surface area (Å²) in [5, 5.41) is 0. The minimum absolute atomic E-state index is 0.196. The van der Waals surface area contributed by atoms with Crippen molar-refractivity contribution < 1.29 is 9.53 Å². The maximum Gasteiger partial charge on any atom is 0.313 e. The van der Waals surface area contributed by atoms with Crippen molar-refractivity contribution in [2.75, 3.05) is 13.2 Å². The lowest BCUT2D eigenvalue weighted by Gasteiger charge is -2.29. The molecule has 0 bridgehead atoms. The number of nitrogens with two attached hydrogens (primary N) is 1. The number of pyridine rings is 1. The molecule has 0 aromatic carbocycles. The van der Waals surface area contributed by atoms with E-state index in [9.17, 15) is 4.79 Å². The molecule has 0 aliphatic rings. The van der Waals surface area contributed by atoms with Crippen LogP contribution < -0.4 is 5.73 Å². The summed E-state index contributed by atoms with van der Waals surface area (Å²) in [6.07, 6.45) is 5.72. The van der Waals surface area contributed by atoms with Gasteiger partial charge in [-0.1, -0.05) is 19.4 Å². The molecule has 0 fully saturated rings. The minimum atomic E-state index is -0.617. The topological polar surface area (TPSA) is 65.2 Å². The van der Waals surface area contributed by atoms with Crippen LogP contribution in [0.2, 0.25) is 0 Å². The Hall–Kier alpha value is -1.42. The normalized spacial score (nSPS) is 13.9. The van der Waals surface area contributed by atoms with E-state index in [4.69, 9.17) is 10.5 Å². The predicted molar refractivity (Wildman–Crippen MR) is 71.0 cm³/mol. The highest BCUT2D eigenvalue weighted by Crippen LogP contribution is 2.29. The molecule has 1 aromatic rings. The van der Waals surface area contributed by atoms with Crippen molar-refractivity contribution in [3.63, 3.8) is 0 Å². The number of carbonyl (C=O) groups excluding carboxylic acids is 1. The first-order chi connectivity index (χ1) is 8.68. The fourth-order valence-electron chi connectivity index (χ4n) is 2.18. The van der Waals surface area contributed by atoms with Crippen molar-refractivity contribution in [2.45, 2.75) is 33.1 Å². The average molecular weight is 250 g/mol. The van der Waals surface area contributed by atoms with Crippen molar-refractivity contribution >= 4 is 5.97 Å². The molecular formula is C14H22N2O2. The third-order valence-electron chi connectivity index (χ3n) is 3.09. The van der Waals surface area contributed by atoms with Gasteiger partial charge in [-0.05, 0) is 31.4 Å². The number of rotatable bonds is 7. The van der Waals surface area contributed by atoms with E-state index in [1.165, 1.54) is 0 Å². The third-order valence-corrected chi connectivity index (χ3v) is 3.09. The van der Waals surface area contributed by atoms with Gasteiger partial charge in [-0.2, -0.15) is 0 Å². The van der Waals surface area contributed by atoms with E-state index in [0.29, 0.717) is 19.6 Å². The summed E-state index contributed by atoms with van der Waals surface area (Å²) in [6.45, 7) is 4.55. The molecule has 1 heterocycles. The zero-order chi connectivity index (χ0) is 13.4. The van der Waals surface area contributed by atoms with Gasteiger partial charge in [-0.25, -0.2) is 0 Å². The Labute approximate surface area is 109 Å². The fourth-order valence-corrected chi connectivity index (χ4v) is 2.18. The molecule has 4 heteroatoms. The smallest absolute Gasteiger partial charge is 0.313 e. The van der Waals surface area contributed by atoms with Crippen molar-refractivity contribution in [3.8, 4) is 0 Å². The Morgan fingerprint density at radius 2 is 2.28 bits per heavy atom. The summed E-state index contributed by atoms with van der Waals surface area (Å²) in [6, 6.07) is 3.83. The first kappa shape index (κ1) is 14.6. The van der Waals surface area contributed by atoms with Crippen LogP contribution in [0.25, 0.3) is 0 Å². The van der Waals surface area contributed by atoms with Crippen LogP contribution in [0.5, 0.6) is 0 Å². The number of nitrogens with zero attached hydrogens (tertiary/aromatic N) is 1. The monoisotopic (exact) mass is 250 g/mol. The Kier molecular flexibility index (Phi) is 5.78. The molecule has 1 rings (SSSR count). The number of hydrogen-bond acceptors (Lipinski definition) is 4. The second kappa shape index (κ2) is 7.11. The van der Waals surface area contributed by atoms with Gasteiger partial charge in [0.2, 0.25) is 0 Å². The molecule has 0 saturated heterocycles. The van der Waals surface area contributed by atoms with E-state index in [2.05, 4.69) is 4.98 Å². The molecule has 18 heavy (non-hydrogen) atoms. The van der Waals surface area contributed by atoms with Crippen LogP contribution in [0.3, 0.4) is 0 Å². The van der Waals surface area contributed by atoms with Crippen LogP contribution in [-0.2, 0) is 16.0 Å². The van der Waals surface area contributed by atoms with E-state index in [1.54, 1.807) is 12.4 Å². The molecule has 1 atom stereocenters. The molecule has 0 spiro atoms. The summed E-state index contributed by atoms with van der Waals surface area (Å²) in [5.74, 6) is -0.196.